The fourth-order valence-electron chi connectivity index (χ4n) is 3.40. The molecule has 0 amide bonds. The smallest absolute Gasteiger partial charge is 0.330 e. The second-order valence-electron chi connectivity index (χ2n) is 8.53. The Balaban J connectivity index is 1.79. The molecule has 0 aromatic rings. The van der Waals surface area contributed by atoms with Crippen LogP contribution in [-0.2, 0) is 14.0 Å². The van der Waals surface area contributed by atoms with Gasteiger partial charge in [-0.25, -0.2) is 4.79 Å². The molecular formula is C17H30O3Si. The molecule has 3 rings (SSSR count). The lowest BCUT2D eigenvalue weighted by molar-refractivity contribution is -0.189. The molecule has 0 heterocycles. The Morgan fingerprint density at radius 3 is 2.29 bits per heavy atom. The van der Waals surface area contributed by atoms with Crippen LogP contribution in [0.5, 0.6) is 0 Å². The first-order valence-corrected chi connectivity index (χ1v) is 10.9. The van der Waals surface area contributed by atoms with E-state index in [0.717, 1.165) is 6.61 Å². The third-order valence-corrected chi connectivity index (χ3v) is 10.1. The summed E-state index contributed by atoms with van der Waals surface area (Å²) in [6.07, 6.45) is 7.19. The van der Waals surface area contributed by atoms with Gasteiger partial charge in [-0.2, -0.15) is 0 Å². The first-order valence-electron chi connectivity index (χ1n) is 8.03. The number of allylic oxidation sites excluding steroid dienone is 1. The lowest BCUT2D eigenvalue weighted by Crippen LogP contribution is -2.63. The molecule has 3 aliphatic carbocycles. The zero-order valence-corrected chi connectivity index (χ0v) is 15.4. The van der Waals surface area contributed by atoms with E-state index in [9.17, 15) is 4.79 Å². The first kappa shape index (κ1) is 16.8. The third kappa shape index (κ3) is 3.26. The van der Waals surface area contributed by atoms with Gasteiger partial charge in [-0.3, -0.25) is 0 Å². The maximum Gasteiger partial charge on any atom is 0.330 e. The molecule has 21 heavy (non-hydrogen) atoms. The Bertz CT molecular complexity index is 426. The monoisotopic (exact) mass is 310 g/mol. The summed E-state index contributed by atoms with van der Waals surface area (Å²) in [5.74, 6) is -0.214. The lowest BCUT2D eigenvalue weighted by Gasteiger charge is -2.70. The predicted molar refractivity (Wildman–Crippen MR) is 87.6 cm³/mol. The molecule has 120 valence electrons. The van der Waals surface area contributed by atoms with Crippen molar-refractivity contribution in [2.24, 2.45) is 10.8 Å². The van der Waals surface area contributed by atoms with E-state index in [1.54, 1.807) is 6.08 Å². The highest BCUT2D eigenvalue weighted by molar-refractivity contribution is 6.74. The van der Waals surface area contributed by atoms with E-state index >= 15 is 0 Å². The van der Waals surface area contributed by atoms with E-state index in [0.29, 0.717) is 12.0 Å². The minimum Gasteiger partial charge on any atom is -0.463 e. The summed E-state index contributed by atoms with van der Waals surface area (Å²) in [4.78, 5) is 11.4. The van der Waals surface area contributed by atoms with Crippen molar-refractivity contribution < 1.29 is 14.0 Å². The van der Waals surface area contributed by atoms with Gasteiger partial charge >= 0.3 is 5.97 Å². The molecule has 0 unspecified atom stereocenters. The summed E-state index contributed by atoms with van der Waals surface area (Å²) in [7, 11) is -1.64. The normalized spacial score (nSPS) is 31.7. The van der Waals surface area contributed by atoms with Gasteiger partial charge in [0.1, 0.15) is 0 Å². The highest BCUT2D eigenvalue weighted by atomic mass is 28.4. The van der Waals surface area contributed by atoms with Gasteiger partial charge in [-0.05, 0) is 55.1 Å². The molecule has 0 saturated heterocycles. The van der Waals surface area contributed by atoms with Gasteiger partial charge in [0.2, 0.25) is 0 Å². The van der Waals surface area contributed by atoms with Crippen molar-refractivity contribution in [2.45, 2.75) is 65.1 Å². The Morgan fingerprint density at radius 1 is 1.24 bits per heavy atom. The lowest BCUT2D eigenvalue weighted by atomic mass is 9.35. The fourth-order valence-corrected chi connectivity index (χ4v) is 4.50. The van der Waals surface area contributed by atoms with Crippen molar-refractivity contribution in [3.05, 3.63) is 12.2 Å². The number of hydrogen-bond donors (Lipinski definition) is 0. The number of carbonyl (C=O) groups is 1. The third-order valence-electron chi connectivity index (χ3n) is 5.59. The highest BCUT2D eigenvalue weighted by Crippen LogP contribution is 2.74. The summed E-state index contributed by atoms with van der Waals surface area (Å²) in [5, 5.41) is 0.276. The Morgan fingerprint density at radius 2 is 1.81 bits per heavy atom. The van der Waals surface area contributed by atoms with E-state index in [4.69, 9.17) is 9.16 Å². The van der Waals surface area contributed by atoms with Crippen LogP contribution in [0.3, 0.4) is 0 Å². The highest BCUT2D eigenvalue weighted by Gasteiger charge is 2.66. The van der Waals surface area contributed by atoms with Gasteiger partial charge in [-0.15, -0.1) is 0 Å². The second-order valence-corrected chi connectivity index (χ2v) is 13.3. The number of rotatable bonds is 6. The van der Waals surface area contributed by atoms with Gasteiger partial charge in [0.05, 0.1) is 6.61 Å². The number of ether oxygens (including phenoxy) is 1. The van der Waals surface area contributed by atoms with Gasteiger partial charge in [0.15, 0.2) is 8.32 Å². The second kappa shape index (κ2) is 5.23. The van der Waals surface area contributed by atoms with Crippen LogP contribution >= 0.6 is 0 Å². The SMILES string of the molecule is CCOC(=O)/C=C/C12CC(CO[Si](C)(C)C(C)(C)C)(C1)C2. The predicted octanol–water partition coefficient (Wildman–Crippen LogP) is 4.30. The van der Waals surface area contributed by atoms with Crippen molar-refractivity contribution in [3.8, 4) is 0 Å². The average molecular weight is 311 g/mol. The summed E-state index contributed by atoms with van der Waals surface area (Å²) in [6, 6.07) is 0. The number of carbonyl (C=O) groups excluding carboxylic acids is 1. The van der Waals surface area contributed by atoms with Crippen LogP contribution in [-0.4, -0.2) is 27.5 Å². The number of esters is 1. The van der Waals surface area contributed by atoms with Crippen molar-refractivity contribution in [3.63, 3.8) is 0 Å². The first-order chi connectivity index (χ1) is 9.53. The van der Waals surface area contributed by atoms with Crippen LogP contribution in [0.4, 0.5) is 0 Å². The van der Waals surface area contributed by atoms with Gasteiger partial charge in [0, 0.05) is 12.7 Å². The molecule has 3 nitrogen and oxygen atoms in total. The molecule has 0 aliphatic heterocycles. The molecule has 2 bridgehead atoms. The maximum absolute atomic E-state index is 11.4. The number of hydrogen-bond acceptors (Lipinski definition) is 3. The largest absolute Gasteiger partial charge is 0.463 e. The van der Waals surface area contributed by atoms with Crippen molar-refractivity contribution in [2.75, 3.05) is 13.2 Å². The standard InChI is InChI=1S/C17H30O3Si/c1-7-19-14(18)8-9-16-10-17(11-16,12-16)13-20-21(5,6)15(2,3)4/h8-9H,7,10-13H2,1-6H3/b9-8+. The van der Waals surface area contributed by atoms with Crippen molar-refractivity contribution in [1.82, 2.24) is 0 Å². The zero-order chi connectivity index (χ0) is 15.9. The topological polar surface area (TPSA) is 35.5 Å². The van der Waals surface area contributed by atoms with Crippen LogP contribution in [0.25, 0.3) is 0 Å². The minimum absolute atomic E-state index is 0.214. The van der Waals surface area contributed by atoms with Crippen LogP contribution in [0.2, 0.25) is 18.1 Å². The average Bonchev–Trinajstić information content (AvgIpc) is 2.23. The molecule has 0 N–H and O–H groups in total. The molecule has 0 atom stereocenters. The summed E-state index contributed by atoms with van der Waals surface area (Å²) in [6.45, 7) is 14.7. The van der Waals surface area contributed by atoms with E-state index in [1.165, 1.54) is 19.3 Å². The van der Waals surface area contributed by atoms with Crippen molar-refractivity contribution in [1.29, 1.82) is 0 Å². The zero-order valence-electron chi connectivity index (χ0n) is 14.4. The van der Waals surface area contributed by atoms with Gasteiger partial charge in [0.25, 0.3) is 0 Å². The molecule has 0 aromatic heterocycles. The Kier molecular flexibility index (Phi) is 4.18. The molecule has 0 radical (unpaired) electrons. The molecular weight excluding hydrogens is 280 g/mol. The van der Waals surface area contributed by atoms with E-state index in [1.807, 2.05) is 6.92 Å². The van der Waals surface area contributed by atoms with E-state index < -0.39 is 8.32 Å². The van der Waals surface area contributed by atoms with Crippen LogP contribution in [0, 0.1) is 10.8 Å². The summed E-state index contributed by atoms with van der Waals surface area (Å²) >= 11 is 0. The molecule has 3 saturated carbocycles. The maximum atomic E-state index is 11.4. The Labute approximate surface area is 130 Å². The van der Waals surface area contributed by atoms with Crippen LogP contribution in [0.1, 0.15) is 47.0 Å². The molecule has 4 heteroatoms. The van der Waals surface area contributed by atoms with E-state index in [-0.39, 0.29) is 16.4 Å². The van der Waals surface area contributed by atoms with Crippen LogP contribution in [0.15, 0.2) is 12.2 Å². The summed E-state index contributed by atoms with van der Waals surface area (Å²) < 4.78 is 11.3. The van der Waals surface area contributed by atoms with Gasteiger partial charge in [-0.1, -0.05) is 26.8 Å². The molecule has 3 fully saturated rings. The van der Waals surface area contributed by atoms with E-state index in [2.05, 4.69) is 39.9 Å². The molecule has 0 aromatic carbocycles. The minimum atomic E-state index is -1.64. The van der Waals surface area contributed by atoms with Gasteiger partial charge < -0.3 is 9.16 Å². The quantitative estimate of drug-likeness (QED) is 0.417. The molecule has 3 aliphatic rings. The van der Waals surface area contributed by atoms with Crippen molar-refractivity contribution >= 4 is 14.3 Å². The summed E-state index contributed by atoms with van der Waals surface area (Å²) in [5.41, 5.74) is 0.665. The molecule has 0 spiro atoms. The van der Waals surface area contributed by atoms with Crippen LogP contribution < -0.4 is 0 Å². The Hall–Kier alpha value is -0.613. The fraction of sp³-hybridized carbons (Fsp3) is 0.824.